The van der Waals surface area contributed by atoms with Gasteiger partial charge in [-0.05, 0) is 29.8 Å². The summed E-state index contributed by atoms with van der Waals surface area (Å²) in [5.41, 5.74) is 0.169. The number of carbonyl (C=O) groups is 1. The van der Waals surface area contributed by atoms with Crippen molar-refractivity contribution in [1.29, 1.82) is 0 Å². The number of halogens is 3. The van der Waals surface area contributed by atoms with Crippen molar-refractivity contribution in [2.45, 2.75) is 16.3 Å². The van der Waals surface area contributed by atoms with Crippen LogP contribution in [0.5, 0.6) is 11.5 Å². The molecule has 11 heteroatoms. The van der Waals surface area contributed by atoms with Crippen LogP contribution in [-0.4, -0.2) is 30.3 Å². The van der Waals surface area contributed by atoms with Gasteiger partial charge in [0.05, 0.1) is 19.8 Å². The molecule has 0 aliphatic carbocycles. The van der Waals surface area contributed by atoms with E-state index in [-0.39, 0.29) is 5.13 Å². The Morgan fingerprint density at radius 3 is 2.57 bits per heavy atom. The number of alkyl halides is 3. The summed E-state index contributed by atoms with van der Waals surface area (Å²) in [6.07, 6.45) is -4.38. The van der Waals surface area contributed by atoms with Gasteiger partial charge in [0.25, 0.3) is 5.91 Å². The third-order valence-electron chi connectivity index (χ3n) is 3.89. The molecule has 6 nitrogen and oxygen atoms in total. The second-order valence-electron chi connectivity index (χ2n) is 5.88. The lowest BCUT2D eigenvalue weighted by molar-refractivity contribution is -0.137. The van der Waals surface area contributed by atoms with Gasteiger partial charge in [-0.3, -0.25) is 10.1 Å². The second kappa shape index (κ2) is 9.35. The normalized spacial score (nSPS) is 11.2. The van der Waals surface area contributed by atoms with Crippen LogP contribution in [0, 0.1) is 0 Å². The molecule has 0 radical (unpaired) electrons. The summed E-state index contributed by atoms with van der Waals surface area (Å²) < 4.78 is 49.3. The molecule has 0 unspecified atom stereocenters. The van der Waals surface area contributed by atoms with Crippen LogP contribution in [0.2, 0.25) is 0 Å². The van der Waals surface area contributed by atoms with Crippen molar-refractivity contribution < 1.29 is 27.4 Å². The minimum absolute atomic E-state index is 0.279. The van der Waals surface area contributed by atoms with E-state index in [1.165, 1.54) is 32.0 Å². The summed E-state index contributed by atoms with van der Waals surface area (Å²) in [5.74, 6) is 0.807. The Morgan fingerprint density at radius 1 is 1.10 bits per heavy atom. The largest absolute Gasteiger partial charge is 0.493 e. The number of nitrogens with one attached hydrogen (secondary N) is 1. The Balaban J connectivity index is 1.62. The molecular weight excluding hydrogens is 439 g/mol. The van der Waals surface area contributed by atoms with Gasteiger partial charge in [0.1, 0.15) is 0 Å². The number of aromatic nitrogens is 2. The van der Waals surface area contributed by atoms with Gasteiger partial charge in [-0.2, -0.15) is 13.2 Å². The molecule has 0 spiro atoms. The van der Waals surface area contributed by atoms with Crippen LogP contribution < -0.4 is 14.8 Å². The van der Waals surface area contributed by atoms with E-state index in [4.69, 9.17) is 9.47 Å². The van der Waals surface area contributed by atoms with Gasteiger partial charge in [-0.25, -0.2) is 0 Å². The summed E-state index contributed by atoms with van der Waals surface area (Å²) in [6.45, 7) is 0. The number of ether oxygens (including phenoxy) is 2. The van der Waals surface area contributed by atoms with E-state index >= 15 is 0 Å². The smallest absolute Gasteiger partial charge is 0.416 e. The van der Waals surface area contributed by atoms with Crippen molar-refractivity contribution in [2.24, 2.45) is 0 Å². The number of benzene rings is 2. The highest BCUT2D eigenvalue weighted by Crippen LogP contribution is 2.33. The Morgan fingerprint density at radius 2 is 1.87 bits per heavy atom. The summed E-state index contributed by atoms with van der Waals surface area (Å²) >= 11 is 2.37. The Labute approximate surface area is 178 Å². The molecule has 0 bridgehead atoms. The Bertz CT molecular complexity index is 1040. The lowest BCUT2D eigenvalue weighted by atomic mass is 10.1. The van der Waals surface area contributed by atoms with Gasteiger partial charge in [0.15, 0.2) is 15.8 Å². The van der Waals surface area contributed by atoms with Gasteiger partial charge in [-0.1, -0.05) is 41.3 Å². The van der Waals surface area contributed by atoms with Gasteiger partial charge in [0.2, 0.25) is 5.13 Å². The minimum Gasteiger partial charge on any atom is -0.493 e. The van der Waals surface area contributed by atoms with E-state index in [1.54, 1.807) is 24.3 Å². The fourth-order valence-electron chi connectivity index (χ4n) is 2.45. The Hall–Kier alpha value is -2.79. The standard InChI is InChI=1S/C19H16F3N3O3S2/c1-27-14-7-6-12(9-15(14)28-2)16(26)23-17-24-25-18(30-17)29-10-11-4-3-5-13(8-11)19(20,21)22/h3-9H,10H2,1-2H3,(H,23,24,26). The van der Waals surface area contributed by atoms with Crippen molar-refractivity contribution in [1.82, 2.24) is 10.2 Å². The number of anilines is 1. The predicted octanol–water partition coefficient (Wildman–Crippen LogP) is 5.12. The summed E-state index contributed by atoms with van der Waals surface area (Å²) in [7, 11) is 2.97. The van der Waals surface area contributed by atoms with Gasteiger partial charge < -0.3 is 9.47 Å². The third-order valence-corrected chi connectivity index (χ3v) is 5.93. The number of nitrogens with zero attached hydrogens (tertiary/aromatic N) is 2. The molecule has 30 heavy (non-hydrogen) atoms. The van der Waals surface area contributed by atoms with Crippen LogP contribution in [0.1, 0.15) is 21.5 Å². The molecule has 1 amide bonds. The van der Waals surface area contributed by atoms with Crippen LogP contribution in [0.15, 0.2) is 46.8 Å². The number of amides is 1. The molecular formula is C19H16F3N3O3S2. The first-order chi connectivity index (χ1) is 14.3. The van der Waals surface area contributed by atoms with Crippen molar-refractivity contribution >= 4 is 34.1 Å². The molecule has 0 fully saturated rings. The zero-order chi connectivity index (χ0) is 21.7. The van der Waals surface area contributed by atoms with E-state index in [1.807, 2.05) is 0 Å². The molecule has 1 aromatic heterocycles. The van der Waals surface area contributed by atoms with Crippen molar-refractivity contribution in [3.8, 4) is 11.5 Å². The quantitative estimate of drug-likeness (QED) is 0.394. The first kappa shape index (κ1) is 21.9. The zero-order valence-electron chi connectivity index (χ0n) is 15.8. The molecule has 0 saturated heterocycles. The van der Waals surface area contributed by atoms with E-state index in [0.29, 0.717) is 32.7 Å². The monoisotopic (exact) mass is 455 g/mol. The topological polar surface area (TPSA) is 73.3 Å². The fourth-order valence-corrected chi connectivity index (χ4v) is 4.14. The number of methoxy groups -OCH3 is 2. The molecule has 3 aromatic rings. The van der Waals surface area contributed by atoms with E-state index in [9.17, 15) is 18.0 Å². The number of hydrogen-bond donors (Lipinski definition) is 1. The predicted molar refractivity (Wildman–Crippen MR) is 108 cm³/mol. The zero-order valence-corrected chi connectivity index (χ0v) is 17.5. The van der Waals surface area contributed by atoms with Crippen molar-refractivity contribution in [2.75, 3.05) is 19.5 Å². The molecule has 0 saturated carbocycles. The first-order valence-corrected chi connectivity index (χ1v) is 10.3. The lowest BCUT2D eigenvalue weighted by Gasteiger charge is -2.09. The Kier molecular flexibility index (Phi) is 6.83. The molecule has 2 aromatic carbocycles. The van der Waals surface area contributed by atoms with Gasteiger partial charge in [-0.15, -0.1) is 10.2 Å². The van der Waals surface area contributed by atoms with Gasteiger partial charge >= 0.3 is 6.18 Å². The van der Waals surface area contributed by atoms with E-state index < -0.39 is 17.6 Å². The van der Waals surface area contributed by atoms with Gasteiger partial charge in [0, 0.05) is 11.3 Å². The van der Waals surface area contributed by atoms with Crippen molar-refractivity contribution in [3.63, 3.8) is 0 Å². The maximum absolute atomic E-state index is 12.8. The van der Waals surface area contributed by atoms with Crippen LogP contribution in [0.4, 0.5) is 18.3 Å². The van der Waals surface area contributed by atoms with E-state index in [0.717, 1.165) is 23.5 Å². The molecule has 0 atom stereocenters. The average molecular weight is 455 g/mol. The highest BCUT2D eigenvalue weighted by Gasteiger charge is 2.30. The highest BCUT2D eigenvalue weighted by atomic mass is 32.2. The highest BCUT2D eigenvalue weighted by molar-refractivity contribution is 8.00. The second-order valence-corrected chi connectivity index (χ2v) is 8.08. The number of hydrogen-bond acceptors (Lipinski definition) is 7. The number of carbonyl (C=O) groups excluding carboxylic acids is 1. The van der Waals surface area contributed by atoms with Crippen LogP contribution in [-0.2, 0) is 11.9 Å². The summed E-state index contributed by atoms with van der Waals surface area (Å²) in [6, 6.07) is 9.86. The molecule has 3 rings (SSSR count). The molecule has 1 heterocycles. The average Bonchev–Trinajstić information content (AvgIpc) is 3.18. The summed E-state index contributed by atoms with van der Waals surface area (Å²) in [4.78, 5) is 12.4. The maximum Gasteiger partial charge on any atom is 0.416 e. The molecule has 1 N–H and O–H groups in total. The SMILES string of the molecule is COc1ccc(C(=O)Nc2nnc(SCc3cccc(C(F)(F)F)c3)s2)cc1OC. The molecule has 0 aliphatic heterocycles. The third kappa shape index (κ3) is 5.42. The van der Waals surface area contributed by atoms with E-state index in [2.05, 4.69) is 15.5 Å². The number of thioether (sulfide) groups is 1. The van der Waals surface area contributed by atoms with Crippen LogP contribution in [0.25, 0.3) is 0 Å². The first-order valence-electron chi connectivity index (χ1n) is 8.46. The fraction of sp³-hybridized carbons (Fsp3) is 0.211. The summed E-state index contributed by atoms with van der Waals surface area (Å²) in [5, 5.41) is 10.8. The molecule has 0 aliphatic rings. The van der Waals surface area contributed by atoms with Crippen LogP contribution in [0.3, 0.4) is 0 Å². The van der Waals surface area contributed by atoms with Crippen LogP contribution >= 0.6 is 23.1 Å². The van der Waals surface area contributed by atoms with Crippen molar-refractivity contribution in [3.05, 3.63) is 59.2 Å². The molecule has 158 valence electrons. The number of rotatable bonds is 7. The minimum atomic E-state index is -4.38. The lowest BCUT2D eigenvalue weighted by Crippen LogP contribution is -2.11. The maximum atomic E-state index is 12.8.